The zero-order chi connectivity index (χ0) is 22.0. The maximum absolute atomic E-state index is 12.7. The van der Waals surface area contributed by atoms with Crippen molar-refractivity contribution >= 4 is 23.7 Å². The summed E-state index contributed by atoms with van der Waals surface area (Å²) >= 11 is 0. The first-order chi connectivity index (χ1) is 14.2. The molecule has 1 aromatic carbocycles. The van der Waals surface area contributed by atoms with Crippen molar-refractivity contribution in [2.45, 2.75) is 33.4 Å². The molecule has 0 fully saturated rings. The van der Waals surface area contributed by atoms with E-state index in [0.717, 1.165) is 10.7 Å². The third-order valence-electron chi connectivity index (χ3n) is 4.93. The summed E-state index contributed by atoms with van der Waals surface area (Å²) in [6, 6.07) is 8.85. The quantitative estimate of drug-likeness (QED) is 0.512. The maximum Gasteiger partial charge on any atom is 0.330 e. The van der Waals surface area contributed by atoms with Crippen LogP contribution < -0.4 is 0 Å². The van der Waals surface area contributed by atoms with Gasteiger partial charge in [0.15, 0.2) is 6.61 Å². The van der Waals surface area contributed by atoms with E-state index in [-0.39, 0.29) is 17.7 Å². The van der Waals surface area contributed by atoms with Crippen LogP contribution in [0.5, 0.6) is 0 Å². The number of hydrogen-bond acceptors (Lipinski definition) is 6. The largest absolute Gasteiger partial charge is 0.464 e. The highest BCUT2D eigenvalue weighted by molar-refractivity contribution is 6.22. The number of hydrogen-bond donors (Lipinski definition) is 0. The van der Waals surface area contributed by atoms with Crippen LogP contribution in [0.25, 0.3) is 0 Å². The zero-order valence-electron chi connectivity index (χ0n) is 17.4. The number of benzene rings is 1. The number of carbonyl (C=O) groups excluding carboxylic acids is 4. The molecule has 0 saturated carbocycles. The van der Waals surface area contributed by atoms with Gasteiger partial charge in [0.25, 0.3) is 17.7 Å². The minimum Gasteiger partial charge on any atom is -0.464 e. The molecule has 0 radical (unpaired) electrons. The van der Waals surface area contributed by atoms with Gasteiger partial charge in [-0.1, -0.05) is 26.0 Å². The summed E-state index contributed by atoms with van der Waals surface area (Å²) in [7, 11) is 1.57. The molecule has 3 amide bonds. The Morgan fingerprint density at radius 2 is 1.67 bits per heavy atom. The average molecular weight is 412 g/mol. The second-order valence-electron chi connectivity index (χ2n) is 7.58. The van der Waals surface area contributed by atoms with Crippen molar-refractivity contribution in [2.24, 2.45) is 5.92 Å². The van der Waals surface area contributed by atoms with Crippen LogP contribution in [0.15, 0.2) is 40.8 Å². The van der Waals surface area contributed by atoms with Crippen LogP contribution in [0, 0.1) is 12.8 Å². The Balaban J connectivity index is 1.66. The molecular weight excluding hydrogens is 388 g/mol. The Labute approximate surface area is 174 Å². The van der Waals surface area contributed by atoms with E-state index in [2.05, 4.69) is 0 Å². The summed E-state index contributed by atoms with van der Waals surface area (Å²) in [6.45, 7) is 4.96. The molecule has 2 aromatic rings. The number of esters is 1. The Kier molecular flexibility index (Phi) is 6.05. The van der Waals surface area contributed by atoms with Gasteiger partial charge in [0.05, 0.1) is 17.7 Å². The SMILES string of the molecule is Cc1ccc(CN(C)C(=O)COC(=O)[C@H](C(C)C)N2C(=O)c3ccccc3C2=O)o1. The minimum atomic E-state index is -1.12. The van der Waals surface area contributed by atoms with Gasteiger partial charge in [-0.3, -0.25) is 19.3 Å². The first kappa shape index (κ1) is 21.3. The number of fused-ring (bicyclic) bond motifs is 1. The monoisotopic (exact) mass is 412 g/mol. The second-order valence-corrected chi connectivity index (χ2v) is 7.58. The number of furan rings is 1. The fourth-order valence-corrected chi connectivity index (χ4v) is 3.36. The lowest BCUT2D eigenvalue weighted by atomic mass is 10.0. The van der Waals surface area contributed by atoms with E-state index in [1.54, 1.807) is 64.2 Å². The molecule has 1 aliphatic rings. The van der Waals surface area contributed by atoms with Gasteiger partial charge in [0.2, 0.25) is 0 Å². The van der Waals surface area contributed by atoms with Crippen LogP contribution in [0.1, 0.15) is 46.1 Å². The van der Waals surface area contributed by atoms with Crippen LogP contribution in [0.4, 0.5) is 0 Å². The minimum absolute atomic E-state index is 0.232. The molecule has 1 atom stereocenters. The number of amides is 3. The van der Waals surface area contributed by atoms with Gasteiger partial charge in [-0.15, -0.1) is 0 Å². The van der Waals surface area contributed by atoms with E-state index < -0.39 is 42.3 Å². The van der Waals surface area contributed by atoms with E-state index in [1.807, 2.05) is 0 Å². The van der Waals surface area contributed by atoms with E-state index in [4.69, 9.17) is 9.15 Å². The lowest BCUT2D eigenvalue weighted by Crippen LogP contribution is -2.49. The Hall–Kier alpha value is -3.42. The molecule has 8 heteroatoms. The molecule has 1 aliphatic heterocycles. The standard InChI is InChI=1S/C22H24N2O6/c1-13(2)19(24-20(26)16-7-5-6-8-17(16)21(24)27)22(28)29-12-18(25)23(4)11-15-10-9-14(3)30-15/h5-10,13,19H,11-12H2,1-4H3/t19-/m0/s1. The normalized spacial score (nSPS) is 14.1. The van der Waals surface area contributed by atoms with E-state index >= 15 is 0 Å². The molecule has 0 N–H and O–H groups in total. The molecule has 0 aliphatic carbocycles. The van der Waals surface area contributed by atoms with Crippen LogP contribution in [-0.2, 0) is 20.9 Å². The highest BCUT2D eigenvalue weighted by atomic mass is 16.5. The zero-order valence-corrected chi connectivity index (χ0v) is 17.4. The van der Waals surface area contributed by atoms with Crippen LogP contribution in [0.3, 0.4) is 0 Å². The van der Waals surface area contributed by atoms with Crippen molar-refractivity contribution in [3.05, 3.63) is 59.0 Å². The summed E-state index contributed by atoms with van der Waals surface area (Å²) in [5, 5.41) is 0. The Bertz CT molecular complexity index is 958. The molecular formula is C22H24N2O6. The maximum atomic E-state index is 12.7. The van der Waals surface area contributed by atoms with Crippen molar-refractivity contribution in [1.82, 2.24) is 9.80 Å². The van der Waals surface area contributed by atoms with Crippen molar-refractivity contribution < 1.29 is 28.3 Å². The van der Waals surface area contributed by atoms with Crippen molar-refractivity contribution in [3.8, 4) is 0 Å². The van der Waals surface area contributed by atoms with Gasteiger partial charge in [0.1, 0.15) is 17.6 Å². The molecule has 2 heterocycles. The summed E-state index contributed by atoms with van der Waals surface area (Å²) in [5.41, 5.74) is 0.510. The van der Waals surface area contributed by atoms with E-state index in [1.165, 1.54) is 4.90 Å². The number of carbonyl (C=O) groups is 4. The van der Waals surface area contributed by atoms with Gasteiger partial charge in [-0.05, 0) is 37.1 Å². The second kappa shape index (κ2) is 8.52. The summed E-state index contributed by atoms with van der Waals surface area (Å²) in [4.78, 5) is 52.8. The lowest BCUT2D eigenvalue weighted by molar-refractivity contribution is -0.156. The van der Waals surface area contributed by atoms with Crippen LogP contribution >= 0.6 is 0 Å². The third kappa shape index (κ3) is 4.12. The summed E-state index contributed by atoms with van der Waals surface area (Å²) < 4.78 is 10.6. The number of aryl methyl sites for hydroxylation is 1. The smallest absolute Gasteiger partial charge is 0.330 e. The third-order valence-corrected chi connectivity index (χ3v) is 4.93. The number of ether oxygens (including phenoxy) is 1. The first-order valence-electron chi connectivity index (χ1n) is 9.63. The van der Waals surface area contributed by atoms with E-state index in [9.17, 15) is 19.2 Å². The summed E-state index contributed by atoms with van der Waals surface area (Å²) in [6.07, 6.45) is 0. The topological polar surface area (TPSA) is 97.1 Å². The van der Waals surface area contributed by atoms with Gasteiger partial charge < -0.3 is 14.1 Å². The molecule has 0 saturated heterocycles. The summed E-state index contributed by atoms with van der Waals surface area (Å²) in [5.74, 6) is -1.35. The predicted molar refractivity (Wildman–Crippen MR) is 106 cm³/mol. The molecule has 158 valence electrons. The van der Waals surface area contributed by atoms with Gasteiger partial charge in [0, 0.05) is 7.05 Å². The van der Waals surface area contributed by atoms with Crippen LogP contribution in [-0.4, -0.2) is 53.2 Å². The molecule has 8 nitrogen and oxygen atoms in total. The number of nitrogens with zero attached hydrogens (tertiary/aromatic N) is 2. The fraction of sp³-hybridized carbons (Fsp3) is 0.364. The Morgan fingerprint density at radius 1 is 1.07 bits per heavy atom. The molecule has 1 aromatic heterocycles. The molecule has 0 unspecified atom stereocenters. The number of rotatable bonds is 7. The van der Waals surface area contributed by atoms with Crippen molar-refractivity contribution in [1.29, 1.82) is 0 Å². The molecule has 0 spiro atoms. The molecule has 30 heavy (non-hydrogen) atoms. The van der Waals surface area contributed by atoms with Gasteiger partial charge in [-0.2, -0.15) is 0 Å². The lowest BCUT2D eigenvalue weighted by Gasteiger charge is -2.27. The predicted octanol–water partition coefficient (Wildman–Crippen LogP) is 2.41. The van der Waals surface area contributed by atoms with Gasteiger partial charge in [-0.25, -0.2) is 4.79 Å². The van der Waals surface area contributed by atoms with Crippen LogP contribution in [0.2, 0.25) is 0 Å². The highest BCUT2D eigenvalue weighted by Crippen LogP contribution is 2.27. The average Bonchev–Trinajstić information content (AvgIpc) is 3.22. The van der Waals surface area contributed by atoms with Crippen molar-refractivity contribution in [2.75, 3.05) is 13.7 Å². The fourth-order valence-electron chi connectivity index (χ4n) is 3.36. The molecule has 3 rings (SSSR count). The molecule has 0 bridgehead atoms. The number of imide groups is 1. The number of likely N-dealkylation sites (N-methyl/N-ethyl adjacent to an activating group) is 1. The van der Waals surface area contributed by atoms with Gasteiger partial charge >= 0.3 is 5.97 Å². The van der Waals surface area contributed by atoms with Crippen molar-refractivity contribution in [3.63, 3.8) is 0 Å². The first-order valence-corrected chi connectivity index (χ1v) is 9.63. The van der Waals surface area contributed by atoms with E-state index in [0.29, 0.717) is 5.76 Å². The Morgan fingerprint density at radius 3 is 2.17 bits per heavy atom. The highest BCUT2D eigenvalue weighted by Gasteiger charge is 2.44.